The Kier molecular flexibility index (Phi) is 7.71. The van der Waals surface area contributed by atoms with Crippen molar-refractivity contribution in [3.8, 4) is 5.75 Å². The van der Waals surface area contributed by atoms with Gasteiger partial charge in [-0.1, -0.05) is 19.1 Å². The van der Waals surface area contributed by atoms with E-state index in [1.165, 1.54) is 0 Å². The first-order valence-electron chi connectivity index (χ1n) is 9.69. The summed E-state index contributed by atoms with van der Waals surface area (Å²) >= 11 is 0. The van der Waals surface area contributed by atoms with Gasteiger partial charge in [0.25, 0.3) is 0 Å². The second kappa shape index (κ2) is 9.89. The van der Waals surface area contributed by atoms with Gasteiger partial charge in [0.15, 0.2) is 10.9 Å². The third-order valence-corrected chi connectivity index (χ3v) is 5.96. The monoisotopic (exact) mass is 439 g/mol. The summed E-state index contributed by atoms with van der Waals surface area (Å²) in [6.07, 6.45) is 2.30. The SMILES string of the molecule is CCc1c(OCC2COC(C)(C)O2)ccnc1CS(=O)c1nc2ccccc2[nH]1.[H-].[Na+]. The van der Waals surface area contributed by atoms with Crippen LogP contribution in [0.25, 0.3) is 11.0 Å². The molecule has 156 valence electrons. The quantitative estimate of drug-likeness (QED) is 0.539. The van der Waals surface area contributed by atoms with Crippen LogP contribution in [0.5, 0.6) is 5.75 Å². The number of nitrogens with zero attached hydrogens (tertiary/aromatic N) is 2. The molecule has 1 aromatic carbocycles. The van der Waals surface area contributed by atoms with Crippen molar-refractivity contribution in [2.45, 2.75) is 50.0 Å². The fourth-order valence-electron chi connectivity index (χ4n) is 3.41. The van der Waals surface area contributed by atoms with Gasteiger partial charge in [0.2, 0.25) is 0 Å². The molecule has 1 aliphatic heterocycles. The van der Waals surface area contributed by atoms with E-state index in [-0.39, 0.29) is 42.8 Å². The van der Waals surface area contributed by atoms with Crippen LogP contribution in [-0.4, -0.2) is 44.3 Å². The number of imidazole rings is 1. The maximum absolute atomic E-state index is 12.9. The first-order valence-corrected chi connectivity index (χ1v) is 11.0. The van der Waals surface area contributed by atoms with E-state index in [1.807, 2.05) is 51.1 Å². The van der Waals surface area contributed by atoms with Gasteiger partial charge in [-0.2, -0.15) is 0 Å². The molecule has 2 atom stereocenters. The van der Waals surface area contributed by atoms with Crippen LogP contribution in [0, 0.1) is 0 Å². The van der Waals surface area contributed by atoms with Gasteiger partial charge in [0.1, 0.15) is 18.5 Å². The van der Waals surface area contributed by atoms with Gasteiger partial charge in [-0.05, 0) is 38.5 Å². The molecule has 3 aromatic rings. The van der Waals surface area contributed by atoms with Crippen molar-refractivity contribution in [1.82, 2.24) is 15.0 Å². The summed E-state index contributed by atoms with van der Waals surface area (Å²) in [5.41, 5.74) is 3.39. The molecule has 30 heavy (non-hydrogen) atoms. The molecule has 2 unspecified atom stereocenters. The smallest absolute Gasteiger partial charge is 1.00 e. The molecule has 0 radical (unpaired) electrons. The molecule has 1 N–H and O–H groups in total. The van der Waals surface area contributed by atoms with E-state index < -0.39 is 16.6 Å². The zero-order chi connectivity index (χ0) is 20.4. The molecule has 1 aliphatic rings. The van der Waals surface area contributed by atoms with Crippen LogP contribution in [0.3, 0.4) is 0 Å². The molecule has 0 spiro atoms. The van der Waals surface area contributed by atoms with Crippen molar-refractivity contribution in [3.63, 3.8) is 0 Å². The Morgan fingerprint density at radius 3 is 2.83 bits per heavy atom. The summed E-state index contributed by atoms with van der Waals surface area (Å²) in [6, 6.07) is 9.49. The number of para-hydroxylation sites is 2. The summed E-state index contributed by atoms with van der Waals surface area (Å²) in [5.74, 6) is 0.442. The Morgan fingerprint density at radius 1 is 1.33 bits per heavy atom. The molecular weight excluding hydrogens is 413 g/mol. The number of aromatic amines is 1. The third kappa shape index (κ3) is 5.30. The molecule has 3 heterocycles. The van der Waals surface area contributed by atoms with Crippen LogP contribution in [0.4, 0.5) is 0 Å². The molecule has 0 saturated carbocycles. The molecule has 1 saturated heterocycles. The number of fused-ring (bicyclic) bond motifs is 1. The summed E-state index contributed by atoms with van der Waals surface area (Å²) in [6.45, 7) is 6.72. The Morgan fingerprint density at radius 2 is 2.13 bits per heavy atom. The largest absolute Gasteiger partial charge is 1.00 e. The first kappa shape index (κ1) is 23.4. The molecule has 7 nitrogen and oxygen atoms in total. The summed E-state index contributed by atoms with van der Waals surface area (Å²) < 4.78 is 30.3. The predicted molar refractivity (Wildman–Crippen MR) is 111 cm³/mol. The van der Waals surface area contributed by atoms with E-state index in [4.69, 9.17) is 14.2 Å². The molecule has 2 aromatic heterocycles. The number of H-pyrrole nitrogens is 1. The minimum atomic E-state index is -1.33. The number of aromatic nitrogens is 3. The standard InChI is InChI=1S/C21H25N3O4S.Na.H/c1-4-15-18(13-29(25)20-23-16-7-5-6-8-17(16)24-20)22-10-9-19(15)26-11-14-12-27-21(2,3)28-14;;/h5-10,14H,4,11-13H2,1-3H3,(H,23,24);;/q;+1;-1. The fraction of sp³-hybridized carbons (Fsp3) is 0.429. The number of pyridine rings is 1. The van der Waals surface area contributed by atoms with Gasteiger partial charge in [0.05, 0.1) is 39.9 Å². The summed E-state index contributed by atoms with van der Waals surface area (Å²) in [4.78, 5) is 12.0. The number of ether oxygens (including phenoxy) is 3. The summed E-state index contributed by atoms with van der Waals surface area (Å²) in [5, 5.41) is 0.458. The van der Waals surface area contributed by atoms with E-state index in [9.17, 15) is 4.21 Å². The van der Waals surface area contributed by atoms with E-state index in [1.54, 1.807) is 6.20 Å². The molecule has 0 bridgehead atoms. The van der Waals surface area contributed by atoms with Gasteiger partial charge in [-0.15, -0.1) is 0 Å². The Hall–Kier alpha value is -1.29. The maximum Gasteiger partial charge on any atom is 1.00 e. The van der Waals surface area contributed by atoms with Crippen molar-refractivity contribution in [3.05, 3.63) is 47.8 Å². The fourth-order valence-corrected chi connectivity index (χ4v) is 4.47. The van der Waals surface area contributed by atoms with E-state index in [0.717, 1.165) is 34.5 Å². The van der Waals surface area contributed by atoms with Gasteiger partial charge < -0.3 is 20.6 Å². The molecule has 0 aliphatic carbocycles. The van der Waals surface area contributed by atoms with Crippen LogP contribution in [-0.2, 0) is 32.4 Å². The van der Waals surface area contributed by atoms with Crippen molar-refractivity contribution < 1.29 is 49.4 Å². The number of nitrogens with one attached hydrogen (secondary N) is 1. The molecular formula is C21H26N3NaO4S. The van der Waals surface area contributed by atoms with Gasteiger partial charge in [0, 0.05) is 11.8 Å². The number of hydrogen-bond acceptors (Lipinski definition) is 6. The van der Waals surface area contributed by atoms with Gasteiger partial charge >= 0.3 is 29.6 Å². The number of hydrogen-bond donors (Lipinski definition) is 1. The van der Waals surface area contributed by atoms with Crippen LogP contribution in [0.2, 0.25) is 0 Å². The Labute approximate surface area is 202 Å². The minimum Gasteiger partial charge on any atom is -1.00 e. The molecule has 9 heteroatoms. The van der Waals surface area contributed by atoms with Crippen molar-refractivity contribution in [2.24, 2.45) is 0 Å². The predicted octanol–water partition coefficient (Wildman–Crippen LogP) is 0.475. The van der Waals surface area contributed by atoms with Crippen molar-refractivity contribution in [2.75, 3.05) is 13.2 Å². The van der Waals surface area contributed by atoms with Crippen molar-refractivity contribution in [1.29, 1.82) is 0 Å². The van der Waals surface area contributed by atoms with Crippen LogP contribution < -0.4 is 34.3 Å². The summed E-state index contributed by atoms with van der Waals surface area (Å²) in [7, 11) is -1.33. The van der Waals surface area contributed by atoms with Crippen LogP contribution >= 0.6 is 0 Å². The third-order valence-electron chi connectivity index (χ3n) is 4.80. The average Bonchev–Trinajstić information content (AvgIpc) is 3.29. The second-order valence-corrected chi connectivity index (χ2v) is 8.76. The number of rotatable bonds is 7. The molecule has 1 fully saturated rings. The second-order valence-electron chi connectivity index (χ2n) is 7.40. The van der Waals surface area contributed by atoms with E-state index >= 15 is 0 Å². The number of benzene rings is 1. The average molecular weight is 440 g/mol. The zero-order valence-corrected chi connectivity index (χ0v) is 20.6. The van der Waals surface area contributed by atoms with E-state index in [0.29, 0.717) is 18.4 Å². The van der Waals surface area contributed by atoms with E-state index in [2.05, 4.69) is 15.0 Å². The van der Waals surface area contributed by atoms with Crippen LogP contribution in [0.1, 0.15) is 33.5 Å². The van der Waals surface area contributed by atoms with Gasteiger partial charge in [-0.3, -0.25) is 9.19 Å². The van der Waals surface area contributed by atoms with Gasteiger partial charge in [-0.25, -0.2) is 4.98 Å². The van der Waals surface area contributed by atoms with Crippen LogP contribution in [0.15, 0.2) is 41.7 Å². The Bertz CT molecular complexity index is 1010. The van der Waals surface area contributed by atoms with Crippen molar-refractivity contribution >= 4 is 21.8 Å². The zero-order valence-electron chi connectivity index (χ0n) is 18.8. The Balaban J connectivity index is 0.00000171. The normalized spacial score (nSPS) is 18.8. The topological polar surface area (TPSA) is 86.3 Å². The maximum atomic E-state index is 12.9. The minimum absolute atomic E-state index is 0. The first-order chi connectivity index (χ1) is 13.9. The molecule has 4 rings (SSSR count). The molecule has 0 amide bonds.